The average Bonchev–Trinajstić information content (AvgIpc) is 2.51. The fraction of sp³-hybridized carbons (Fsp3) is 0.273. The second-order valence-electron chi connectivity index (χ2n) is 3.69. The van der Waals surface area contributed by atoms with Crippen molar-refractivity contribution in [2.45, 2.75) is 13.8 Å². The number of nitrogens with one attached hydrogen (secondary N) is 1. The normalized spacial score (nSPS) is 10.5. The van der Waals surface area contributed by atoms with Crippen molar-refractivity contribution in [1.29, 1.82) is 0 Å². The van der Waals surface area contributed by atoms with Crippen LogP contribution in [0.2, 0.25) is 0 Å². The van der Waals surface area contributed by atoms with Crippen molar-refractivity contribution in [2.75, 3.05) is 5.32 Å². The first-order chi connectivity index (χ1) is 7.56. The molecule has 0 unspecified atom stereocenters. The number of aromatic nitrogens is 3. The van der Waals surface area contributed by atoms with Crippen LogP contribution in [0.3, 0.4) is 0 Å². The van der Waals surface area contributed by atoms with E-state index in [1.165, 1.54) is 0 Å². The highest BCUT2D eigenvalue weighted by atomic mass is 79.9. The van der Waals surface area contributed by atoms with Crippen molar-refractivity contribution < 1.29 is 0 Å². The lowest BCUT2D eigenvalue weighted by atomic mass is 10.3. The van der Waals surface area contributed by atoms with Crippen molar-refractivity contribution in [1.82, 2.24) is 14.8 Å². The molecule has 0 aromatic carbocycles. The third kappa shape index (κ3) is 2.24. The summed E-state index contributed by atoms with van der Waals surface area (Å²) in [5.74, 6) is 0.830. The van der Waals surface area contributed by atoms with Gasteiger partial charge in [-0.1, -0.05) is 0 Å². The van der Waals surface area contributed by atoms with Crippen LogP contribution in [0.15, 0.2) is 22.8 Å². The monoisotopic (exact) mass is 280 g/mol. The van der Waals surface area contributed by atoms with Gasteiger partial charge in [0.05, 0.1) is 17.1 Å². The molecule has 0 fully saturated rings. The molecule has 2 aromatic rings. The summed E-state index contributed by atoms with van der Waals surface area (Å²) in [7, 11) is 1.90. The van der Waals surface area contributed by atoms with E-state index in [0.717, 1.165) is 27.4 Å². The molecular formula is C11H13BrN4. The van der Waals surface area contributed by atoms with Crippen LogP contribution in [-0.2, 0) is 7.05 Å². The molecule has 1 N–H and O–H groups in total. The number of halogens is 1. The van der Waals surface area contributed by atoms with Gasteiger partial charge in [-0.05, 0) is 41.9 Å². The summed E-state index contributed by atoms with van der Waals surface area (Å²) in [6, 6.07) is 3.92. The van der Waals surface area contributed by atoms with Crippen LogP contribution in [0.1, 0.15) is 11.4 Å². The Hall–Kier alpha value is -1.36. The van der Waals surface area contributed by atoms with Crippen LogP contribution in [-0.4, -0.2) is 14.8 Å². The van der Waals surface area contributed by atoms with Gasteiger partial charge in [-0.15, -0.1) is 0 Å². The lowest BCUT2D eigenvalue weighted by Crippen LogP contribution is -1.95. The lowest BCUT2D eigenvalue weighted by Gasteiger charge is -2.05. The number of hydrogen-bond acceptors (Lipinski definition) is 3. The van der Waals surface area contributed by atoms with Gasteiger partial charge in [0.2, 0.25) is 0 Å². The van der Waals surface area contributed by atoms with Crippen LogP contribution in [0, 0.1) is 13.8 Å². The number of pyridine rings is 1. The number of nitrogens with zero attached hydrogens (tertiary/aromatic N) is 3. The van der Waals surface area contributed by atoms with E-state index in [-0.39, 0.29) is 0 Å². The molecule has 0 spiro atoms. The SMILES string of the molecule is Cc1nc(Nc2cn(C)nc2C)ccc1Br. The summed E-state index contributed by atoms with van der Waals surface area (Å²) in [5.41, 5.74) is 2.91. The zero-order chi connectivity index (χ0) is 11.7. The summed E-state index contributed by atoms with van der Waals surface area (Å²) in [4.78, 5) is 4.42. The van der Waals surface area contributed by atoms with Gasteiger partial charge in [0.1, 0.15) is 5.82 Å². The van der Waals surface area contributed by atoms with Gasteiger partial charge in [0.15, 0.2) is 0 Å². The van der Waals surface area contributed by atoms with Gasteiger partial charge in [0, 0.05) is 17.7 Å². The molecule has 0 radical (unpaired) electrons. The first-order valence-corrected chi connectivity index (χ1v) is 5.76. The molecule has 0 saturated heterocycles. The van der Waals surface area contributed by atoms with Gasteiger partial charge < -0.3 is 5.32 Å². The van der Waals surface area contributed by atoms with Crippen LogP contribution in [0.5, 0.6) is 0 Å². The minimum atomic E-state index is 0.830. The molecule has 0 aliphatic carbocycles. The van der Waals surface area contributed by atoms with Gasteiger partial charge >= 0.3 is 0 Å². The Morgan fingerprint density at radius 3 is 2.56 bits per heavy atom. The Labute approximate surface area is 103 Å². The van der Waals surface area contributed by atoms with Crippen LogP contribution >= 0.6 is 15.9 Å². The fourth-order valence-corrected chi connectivity index (χ4v) is 1.69. The molecule has 4 nitrogen and oxygen atoms in total. The van der Waals surface area contributed by atoms with Crippen molar-refractivity contribution in [3.63, 3.8) is 0 Å². The second kappa shape index (κ2) is 4.25. The van der Waals surface area contributed by atoms with E-state index in [0.29, 0.717) is 0 Å². The minimum Gasteiger partial charge on any atom is -0.337 e. The van der Waals surface area contributed by atoms with E-state index in [1.807, 2.05) is 39.2 Å². The van der Waals surface area contributed by atoms with Crippen LogP contribution in [0.25, 0.3) is 0 Å². The molecule has 2 rings (SSSR count). The van der Waals surface area contributed by atoms with E-state index >= 15 is 0 Å². The average molecular weight is 281 g/mol. The molecule has 0 atom stereocenters. The molecule has 84 valence electrons. The summed E-state index contributed by atoms with van der Waals surface area (Å²) in [6.07, 6.45) is 1.94. The highest BCUT2D eigenvalue weighted by Crippen LogP contribution is 2.21. The molecule has 0 amide bonds. The predicted octanol–water partition coefficient (Wildman–Crippen LogP) is 2.94. The zero-order valence-electron chi connectivity index (χ0n) is 9.45. The summed E-state index contributed by atoms with van der Waals surface area (Å²) in [5, 5.41) is 7.51. The standard InChI is InChI=1S/C11H13BrN4/c1-7-9(12)4-5-11(13-7)14-10-6-16(3)15-8(10)2/h4-6H,1-3H3,(H,13,14). The maximum Gasteiger partial charge on any atom is 0.130 e. The first-order valence-electron chi connectivity index (χ1n) is 4.96. The number of anilines is 2. The van der Waals surface area contributed by atoms with E-state index in [2.05, 4.69) is 31.3 Å². The van der Waals surface area contributed by atoms with E-state index in [4.69, 9.17) is 0 Å². The smallest absolute Gasteiger partial charge is 0.130 e. The van der Waals surface area contributed by atoms with E-state index in [9.17, 15) is 0 Å². The third-order valence-electron chi connectivity index (χ3n) is 2.30. The number of rotatable bonds is 2. The summed E-state index contributed by atoms with van der Waals surface area (Å²) < 4.78 is 2.80. The topological polar surface area (TPSA) is 42.7 Å². The quantitative estimate of drug-likeness (QED) is 0.920. The van der Waals surface area contributed by atoms with Crippen molar-refractivity contribution in [2.24, 2.45) is 7.05 Å². The van der Waals surface area contributed by atoms with Gasteiger partial charge in [-0.25, -0.2) is 4.98 Å². The highest BCUT2D eigenvalue weighted by Gasteiger charge is 2.04. The first kappa shape index (κ1) is 11.1. The van der Waals surface area contributed by atoms with Gasteiger partial charge in [-0.2, -0.15) is 5.10 Å². The largest absolute Gasteiger partial charge is 0.337 e. The Kier molecular flexibility index (Phi) is 2.96. The van der Waals surface area contributed by atoms with E-state index < -0.39 is 0 Å². The maximum absolute atomic E-state index is 4.42. The van der Waals surface area contributed by atoms with Crippen molar-refractivity contribution in [3.05, 3.63) is 34.2 Å². The molecule has 2 heterocycles. The molecule has 0 bridgehead atoms. The molecule has 2 aromatic heterocycles. The molecule has 16 heavy (non-hydrogen) atoms. The lowest BCUT2D eigenvalue weighted by molar-refractivity contribution is 0.756. The fourth-order valence-electron chi connectivity index (χ4n) is 1.47. The number of aryl methyl sites for hydroxylation is 3. The Bertz CT molecular complexity index is 519. The molecule has 0 aliphatic heterocycles. The van der Waals surface area contributed by atoms with Gasteiger partial charge in [0.25, 0.3) is 0 Å². The molecule has 0 aliphatic rings. The predicted molar refractivity (Wildman–Crippen MR) is 67.9 cm³/mol. The zero-order valence-corrected chi connectivity index (χ0v) is 11.0. The Balaban J connectivity index is 2.27. The van der Waals surface area contributed by atoms with Crippen molar-refractivity contribution >= 4 is 27.4 Å². The third-order valence-corrected chi connectivity index (χ3v) is 3.14. The summed E-state index contributed by atoms with van der Waals surface area (Å²) >= 11 is 3.43. The highest BCUT2D eigenvalue weighted by molar-refractivity contribution is 9.10. The molecular weight excluding hydrogens is 268 g/mol. The molecule has 0 saturated carbocycles. The van der Waals surface area contributed by atoms with E-state index in [1.54, 1.807) is 4.68 Å². The number of hydrogen-bond donors (Lipinski definition) is 1. The minimum absolute atomic E-state index is 0.830. The second-order valence-corrected chi connectivity index (χ2v) is 4.54. The Morgan fingerprint density at radius 1 is 1.25 bits per heavy atom. The van der Waals surface area contributed by atoms with Gasteiger partial charge in [-0.3, -0.25) is 4.68 Å². The maximum atomic E-state index is 4.42. The summed E-state index contributed by atoms with van der Waals surface area (Å²) in [6.45, 7) is 3.93. The van der Waals surface area contributed by atoms with Crippen LogP contribution < -0.4 is 5.32 Å². The van der Waals surface area contributed by atoms with Crippen molar-refractivity contribution in [3.8, 4) is 0 Å². The molecule has 5 heteroatoms. The Morgan fingerprint density at radius 2 is 2.00 bits per heavy atom. The van der Waals surface area contributed by atoms with Crippen LogP contribution in [0.4, 0.5) is 11.5 Å².